The van der Waals surface area contributed by atoms with E-state index in [-0.39, 0.29) is 35.2 Å². The number of carbonyl (C=O) groups is 2. The summed E-state index contributed by atoms with van der Waals surface area (Å²) in [6, 6.07) is 4.02. The number of rotatable bonds is 6. The molecule has 9 nitrogen and oxygen atoms in total. The minimum atomic E-state index is -0.934. The molecule has 1 aliphatic carbocycles. The zero-order valence-electron chi connectivity index (χ0n) is 17.8. The fourth-order valence-electron chi connectivity index (χ4n) is 4.42. The average Bonchev–Trinajstić information content (AvgIpc) is 3.54. The Labute approximate surface area is 193 Å². The number of nitrogens with one attached hydrogen (secondary N) is 1. The topological polar surface area (TPSA) is 104 Å². The van der Waals surface area contributed by atoms with E-state index < -0.39 is 34.9 Å². The first kappa shape index (κ1) is 21.7. The molecule has 0 spiro atoms. The van der Waals surface area contributed by atoms with Gasteiger partial charge in [0.1, 0.15) is 24.2 Å². The molecule has 5 rings (SSSR count). The lowest BCUT2D eigenvalue weighted by molar-refractivity contribution is 0.0679. The van der Waals surface area contributed by atoms with E-state index in [1.807, 2.05) is 0 Å². The number of nitrogens with zero attached hydrogens (tertiary/aromatic N) is 3. The van der Waals surface area contributed by atoms with Crippen molar-refractivity contribution >= 4 is 23.4 Å². The van der Waals surface area contributed by atoms with Gasteiger partial charge in [0.25, 0.3) is 11.8 Å². The molecule has 2 N–H and O–H groups in total. The number of methoxy groups -OCH3 is 1. The van der Waals surface area contributed by atoms with Crippen molar-refractivity contribution in [3.05, 3.63) is 61.8 Å². The van der Waals surface area contributed by atoms with Crippen molar-refractivity contribution in [1.82, 2.24) is 14.9 Å². The van der Waals surface area contributed by atoms with Crippen molar-refractivity contribution in [2.24, 2.45) is 5.92 Å². The molecule has 1 aromatic carbocycles. The minimum Gasteiger partial charge on any atom is -0.502 e. The lowest BCUT2D eigenvalue weighted by Crippen LogP contribution is -2.53. The highest BCUT2D eigenvalue weighted by molar-refractivity contribution is 6.30. The fraction of sp³-hybridized carbons (Fsp3) is 0.409. The summed E-state index contributed by atoms with van der Waals surface area (Å²) in [5.41, 5.74) is -0.615. The molecule has 0 bridgehead atoms. The van der Waals surface area contributed by atoms with Crippen molar-refractivity contribution < 1.29 is 23.8 Å². The van der Waals surface area contributed by atoms with Crippen LogP contribution in [-0.4, -0.2) is 53.4 Å². The zero-order valence-corrected chi connectivity index (χ0v) is 18.6. The summed E-state index contributed by atoms with van der Waals surface area (Å²) < 4.78 is 20.4. The van der Waals surface area contributed by atoms with Crippen molar-refractivity contribution in [2.75, 3.05) is 31.9 Å². The van der Waals surface area contributed by atoms with Crippen LogP contribution in [0.5, 0.6) is 5.75 Å². The van der Waals surface area contributed by atoms with Gasteiger partial charge < -0.3 is 20.1 Å². The molecule has 0 saturated heterocycles. The lowest BCUT2D eigenvalue weighted by Gasteiger charge is -2.37. The molecule has 1 atom stereocenters. The van der Waals surface area contributed by atoms with Gasteiger partial charge in [0, 0.05) is 20.2 Å². The number of aromatic nitrogens is 1. The van der Waals surface area contributed by atoms with Crippen LogP contribution in [0.15, 0.2) is 23.0 Å². The van der Waals surface area contributed by atoms with Crippen LogP contribution in [0.2, 0.25) is 5.02 Å². The molecule has 0 radical (unpaired) electrons. The third-order valence-corrected chi connectivity index (χ3v) is 6.56. The Bertz CT molecular complexity index is 1230. The van der Waals surface area contributed by atoms with E-state index in [1.54, 1.807) is 9.91 Å². The summed E-state index contributed by atoms with van der Waals surface area (Å²) in [5.74, 6) is -2.10. The highest BCUT2D eigenvalue weighted by atomic mass is 35.5. The summed E-state index contributed by atoms with van der Waals surface area (Å²) >= 11 is 5.79. The van der Waals surface area contributed by atoms with Gasteiger partial charge in [-0.2, -0.15) is 0 Å². The molecule has 1 fully saturated rings. The van der Waals surface area contributed by atoms with E-state index in [0.717, 1.165) is 12.8 Å². The Kier molecular flexibility index (Phi) is 5.29. The van der Waals surface area contributed by atoms with Crippen LogP contribution in [0.1, 0.15) is 51.0 Å². The molecule has 3 heterocycles. The molecule has 1 aromatic heterocycles. The van der Waals surface area contributed by atoms with Gasteiger partial charge in [-0.15, -0.1) is 0 Å². The third kappa shape index (κ3) is 3.63. The van der Waals surface area contributed by atoms with Gasteiger partial charge in [0.2, 0.25) is 5.43 Å². The maximum Gasteiger partial charge on any atom is 0.277 e. The molecule has 3 aliphatic rings. The average molecular weight is 477 g/mol. The van der Waals surface area contributed by atoms with Gasteiger partial charge in [0.05, 0.1) is 17.3 Å². The van der Waals surface area contributed by atoms with Crippen molar-refractivity contribution in [3.63, 3.8) is 0 Å². The summed E-state index contributed by atoms with van der Waals surface area (Å²) in [7, 11) is 1.46. The van der Waals surface area contributed by atoms with E-state index >= 15 is 0 Å². The molecule has 174 valence electrons. The molecular formula is C22H22ClFN4O5. The summed E-state index contributed by atoms with van der Waals surface area (Å²) in [6.45, 7) is 1.12. The Balaban J connectivity index is 1.52. The molecule has 1 unspecified atom stereocenters. The van der Waals surface area contributed by atoms with E-state index in [9.17, 15) is 23.9 Å². The number of pyridine rings is 1. The quantitative estimate of drug-likeness (QED) is 0.658. The predicted octanol–water partition coefficient (Wildman–Crippen LogP) is 1.74. The molecule has 11 heteroatoms. The third-order valence-electron chi connectivity index (χ3n) is 6.27. The van der Waals surface area contributed by atoms with E-state index in [0.29, 0.717) is 24.6 Å². The van der Waals surface area contributed by atoms with Crippen LogP contribution in [0.25, 0.3) is 0 Å². The first-order chi connectivity index (χ1) is 15.8. The summed E-state index contributed by atoms with van der Waals surface area (Å²) in [6.07, 6.45) is 1.45. The number of benzene rings is 1. The van der Waals surface area contributed by atoms with Gasteiger partial charge in [-0.25, -0.2) is 9.07 Å². The van der Waals surface area contributed by atoms with Gasteiger partial charge >= 0.3 is 0 Å². The smallest absolute Gasteiger partial charge is 0.277 e. The Morgan fingerprint density at radius 2 is 2.09 bits per heavy atom. The Morgan fingerprint density at radius 3 is 2.76 bits per heavy atom. The number of aromatic hydroxyl groups is 1. The molecule has 33 heavy (non-hydrogen) atoms. The summed E-state index contributed by atoms with van der Waals surface area (Å²) in [5, 5.41) is 15.0. The maximum absolute atomic E-state index is 13.4. The van der Waals surface area contributed by atoms with Crippen LogP contribution >= 0.6 is 11.6 Å². The second-order valence-corrected chi connectivity index (χ2v) is 8.96. The number of hydrogen-bond donors (Lipinski definition) is 2. The minimum absolute atomic E-state index is 0.0182. The zero-order chi connectivity index (χ0) is 23.4. The maximum atomic E-state index is 13.4. The van der Waals surface area contributed by atoms with Crippen molar-refractivity contribution in [3.8, 4) is 5.75 Å². The largest absolute Gasteiger partial charge is 0.502 e. The Morgan fingerprint density at radius 1 is 1.33 bits per heavy atom. The highest BCUT2D eigenvalue weighted by Crippen LogP contribution is 2.36. The van der Waals surface area contributed by atoms with Gasteiger partial charge in [-0.05, 0) is 36.5 Å². The van der Waals surface area contributed by atoms with Gasteiger partial charge in [-0.1, -0.05) is 17.7 Å². The SMILES string of the molecule is COC1CN2CN(CC3CC3)C(=O)c3c(O)c(=O)c(C(=O)NCc4ccc(F)c(Cl)c4)c1n32. The van der Waals surface area contributed by atoms with Crippen LogP contribution < -0.4 is 15.8 Å². The molecule has 2 amide bonds. The molecule has 2 aromatic rings. The summed E-state index contributed by atoms with van der Waals surface area (Å²) in [4.78, 5) is 40.9. The monoisotopic (exact) mass is 476 g/mol. The molecule has 1 saturated carbocycles. The van der Waals surface area contributed by atoms with E-state index in [1.165, 1.54) is 30.0 Å². The lowest BCUT2D eigenvalue weighted by atomic mass is 10.1. The van der Waals surface area contributed by atoms with E-state index in [4.69, 9.17) is 16.3 Å². The van der Waals surface area contributed by atoms with Crippen molar-refractivity contribution in [1.29, 1.82) is 0 Å². The molecule has 2 aliphatic heterocycles. The highest BCUT2D eigenvalue weighted by Gasteiger charge is 2.45. The van der Waals surface area contributed by atoms with E-state index in [2.05, 4.69) is 5.32 Å². The van der Waals surface area contributed by atoms with Crippen LogP contribution in [0.4, 0.5) is 4.39 Å². The normalized spacial score (nSPS) is 19.1. The van der Waals surface area contributed by atoms with Gasteiger partial charge in [-0.3, -0.25) is 19.4 Å². The van der Waals surface area contributed by atoms with Gasteiger partial charge in [0.15, 0.2) is 11.4 Å². The number of amides is 2. The number of ether oxygens (including phenoxy) is 1. The second-order valence-electron chi connectivity index (χ2n) is 8.56. The standard InChI is InChI=1S/C22H22ClFN4O5/c1-33-15-9-27-10-26(8-11-2-3-11)22(32)18-20(30)19(29)16(17(15)28(18)27)21(31)25-7-12-4-5-14(24)13(23)6-12/h4-6,11,15,30H,2-3,7-10H2,1H3,(H,25,31). The number of carbonyl (C=O) groups excluding carboxylic acids is 2. The molecular weight excluding hydrogens is 455 g/mol. The van der Waals surface area contributed by atoms with Crippen LogP contribution in [-0.2, 0) is 11.3 Å². The number of halogens is 2. The first-order valence-electron chi connectivity index (χ1n) is 10.6. The van der Waals surface area contributed by atoms with Crippen LogP contribution in [0, 0.1) is 11.7 Å². The van der Waals surface area contributed by atoms with Crippen molar-refractivity contribution in [2.45, 2.75) is 25.5 Å². The first-order valence-corrected chi connectivity index (χ1v) is 11.0. The number of hydrogen-bond acceptors (Lipinski definition) is 6. The van der Waals surface area contributed by atoms with Crippen LogP contribution in [0.3, 0.4) is 0 Å². The fourth-order valence-corrected chi connectivity index (χ4v) is 4.63. The second kappa shape index (κ2) is 8.03. The predicted molar refractivity (Wildman–Crippen MR) is 116 cm³/mol. The Hall–Kier alpha value is -3.11.